The van der Waals surface area contributed by atoms with Gasteiger partial charge in [0, 0.05) is 45.9 Å². The lowest BCUT2D eigenvalue weighted by molar-refractivity contribution is 0.243. The number of amides is 6. The second-order valence-electron chi connectivity index (χ2n) is 21.1. The van der Waals surface area contributed by atoms with Crippen LogP contribution < -0.4 is 31.9 Å². The zero-order valence-corrected chi connectivity index (χ0v) is 49.7. The number of aromatic nitrogens is 12. The molecule has 6 aromatic heterocycles. The van der Waals surface area contributed by atoms with Crippen molar-refractivity contribution < 1.29 is 14.4 Å². The second kappa shape index (κ2) is 28.4. The molecule has 1 aliphatic carbocycles. The van der Waals surface area contributed by atoms with Crippen molar-refractivity contribution in [2.24, 2.45) is 0 Å². The molecule has 434 valence electrons. The number of carbonyl (C=O) groups is 3. The summed E-state index contributed by atoms with van der Waals surface area (Å²) in [5.41, 5.74) is 8.59. The van der Waals surface area contributed by atoms with Gasteiger partial charge in [0.25, 0.3) is 0 Å². The van der Waals surface area contributed by atoms with Gasteiger partial charge in [0.2, 0.25) is 0 Å². The van der Waals surface area contributed by atoms with Gasteiger partial charge in [0.1, 0.15) is 34.1 Å². The number of hydrogen-bond acceptors (Lipinski definition) is 15. The average Bonchev–Trinajstić information content (AvgIpc) is 4.48. The maximum atomic E-state index is 12.7. The monoisotopic (exact) mass is 1190 g/mol. The molecule has 0 saturated heterocycles. The van der Waals surface area contributed by atoms with Crippen LogP contribution in [0.25, 0.3) is 43.9 Å². The van der Waals surface area contributed by atoms with Crippen LogP contribution in [0.1, 0.15) is 88.1 Å². The quantitative estimate of drug-likeness (QED) is 0.0341. The molecule has 0 spiro atoms. The van der Waals surface area contributed by atoms with Crippen molar-refractivity contribution in [3.63, 3.8) is 0 Å². The number of nitrogens with zero attached hydrogens (tertiary/aromatic N) is 9. The number of fused-ring (bicyclic) bond motifs is 4. The Morgan fingerprint density at radius 2 is 0.953 bits per heavy atom. The standard InChI is InChI=1S/C25H22N6OS.C19H22N6OS.C17H20N6OS/c1-16(20-11-5-8-18-7-2-3-10-21(18)20)29-25(32)30-19-9-4-6-17(12-19)14-33-24-22-13-28-31-23(22)26-15-27-24;26-19(23-14-6-2-1-3-7-14)24-15-8-4-5-13(9-15)11-27-18-16-10-22-25-17(16)20-12-21-18;1-17(2,3)22-16(24)21-12-6-4-5-11(7-12)9-25-15-13-8-20-23-14(13)18-10-19-15/h2-13,15-16H,14H2,1H3,(H2,29,30,32)(H,26,27,28,31);4-5,8-10,12,14H,1-3,6-7,11H2,(H2,23,24,26)(H,20,21,22,25);4-8,10H,9H2,1-3H3,(H2,21,22,24)(H,18,19,20,23). The SMILES string of the molecule is CC(C)(C)NC(=O)Nc1cccc(CSc2ncnc3[nH]ncc23)c1.CC(NC(=O)Nc1cccc(CSc2ncnc3[nH]ncc23)c1)c1cccc2ccccc12.O=C(Nc1cccc(CSc2ncnc3[nH]ncc23)c1)NC1CCCCC1. The summed E-state index contributed by atoms with van der Waals surface area (Å²) in [6.07, 6.45) is 15.6. The van der Waals surface area contributed by atoms with Crippen LogP contribution in [0.2, 0.25) is 0 Å². The van der Waals surface area contributed by atoms with E-state index in [1.165, 1.54) is 38.2 Å². The van der Waals surface area contributed by atoms with Crippen molar-refractivity contribution in [1.29, 1.82) is 0 Å². The molecule has 1 unspecified atom stereocenters. The van der Waals surface area contributed by atoms with Crippen LogP contribution in [0.15, 0.2) is 168 Å². The predicted octanol–water partition coefficient (Wildman–Crippen LogP) is 13.3. The fraction of sp³-hybridized carbons (Fsp3) is 0.246. The normalized spacial score (nSPS) is 12.8. The van der Waals surface area contributed by atoms with Gasteiger partial charge in [0.15, 0.2) is 16.9 Å². The highest BCUT2D eigenvalue weighted by Gasteiger charge is 2.18. The van der Waals surface area contributed by atoms with Gasteiger partial charge < -0.3 is 31.9 Å². The average molecular weight is 1190 g/mol. The molecule has 0 aliphatic heterocycles. The largest absolute Gasteiger partial charge is 0.335 e. The summed E-state index contributed by atoms with van der Waals surface area (Å²) in [7, 11) is 0. The van der Waals surface area contributed by atoms with Gasteiger partial charge in [-0.1, -0.05) is 98.1 Å². The minimum atomic E-state index is -0.277. The lowest BCUT2D eigenvalue weighted by Crippen LogP contribution is -2.43. The number of hydrogen-bond donors (Lipinski definition) is 9. The van der Waals surface area contributed by atoms with Crippen molar-refractivity contribution in [2.45, 2.75) is 110 Å². The molecule has 1 fully saturated rings. The van der Waals surface area contributed by atoms with E-state index in [0.29, 0.717) is 11.8 Å². The highest BCUT2D eigenvalue weighted by molar-refractivity contribution is 7.99. The van der Waals surface area contributed by atoms with E-state index in [1.54, 1.807) is 53.9 Å². The summed E-state index contributed by atoms with van der Waals surface area (Å²) in [5, 5.41) is 46.0. The lowest BCUT2D eigenvalue weighted by Gasteiger charge is -2.22. The van der Waals surface area contributed by atoms with Crippen molar-refractivity contribution in [3.05, 3.63) is 175 Å². The van der Waals surface area contributed by atoms with Crippen molar-refractivity contribution in [3.8, 4) is 0 Å². The molecule has 1 atom stereocenters. The van der Waals surface area contributed by atoms with Crippen molar-refractivity contribution in [2.75, 3.05) is 16.0 Å². The van der Waals surface area contributed by atoms with Crippen LogP contribution in [-0.2, 0) is 17.3 Å². The van der Waals surface area contributed by atoms with Crippen LogP contribution in [-0.4, -0.2) is 90.2 Å². The van der Waals surface area contributed by atoms with E-state index in [-0.39, 0.29) is 29.7 Å². The molecule has 6 heterocycles. The van der Waals surface area contributed by atoms with E-state index in [0.717, 1.165) is 123 Å². The first-order valence-corrected chi connectivity index (χ1v) is 30.6. The molecule has 9 N–H and O–H groups in total. The highest BCUT2D eigenvalue weighted by atomic mass is 32.2. The number of anilines is 3. The number of nitrogens with one attached hydrogen (secondary N) is 9. The summed E-state index contributed by atoms with van der Waals surface area (Å²) in [5.74, 6) is 2.19. The number of thioether (sulfide) groups is 3. The lowest BCUT2D eigenvalue weighted by atomic mass is 9.96. The molecular formula is C61H64N18O3S3. The van der Waals surface area contributed by atoms with E-state index >= 15 is 0 Å². The molecule has 6 amide bonds. The van der Waals surface area contributed by atoms with E-state index < -0.39 is 0 Å². The molecule has 1 aliphatic rings. The maximum Gasteiger partial charge on any atom is 0.319 e. The summed E-state index contributed by atoms with van der Waals surface area (Å²) in [6.45, 7) is 7.82. The second-order valence-corrected chi connectivity index (χ2v) is 23.9. The van der Waals surface area contributed by atoms with Gasteiger partial charge in [-0.25, -0.2) is 44.3 Å². The summed E-state index contributed by atoms with van der Waals surface area (Å²) >= 11 is 4.83. The molecule has 0 radical (unpaired) electrons. The minimum Gasteiger partial charge on any atom is -0.335 e. The zero-order valence-electron chi connectivity index (χ0n) is 47.2. The van der Waals surface area contributed by atoms with Crippen LogP contribution in [0.3, 0.4) is 0 Å². The number of urea groups is 3. The first-order valence-electron chi connectivity index (χ1n) is 27.6. The Hall–Kier alpha value is -9.13. The fourth-order valence-electron chi connectivity index (χ4n) is 9.42. The van der Waals surface area contributed by atoms with Gasteiger partial charge in [-0.3, -0.25) is 15.3 Å². The Morgan fingerprint density at radius 3 is 1.44 bits per heavy atom. The number of rotatable bonds is 15. The third kappa shape index (κ3) is 16.8. The van der Waals surface area contributed by atoms with Gasteiger partial charge in [0.05, 0.1) is 40.8 Å². The van der Waals surface area contributed by atoms with E-state index in [9.17, 15) is 14.4 Å². The summed E-state index contributed by atoms with van der Waals surface area (Å²) in [4.78, 5) is 62.4. The Balaban J connectivity index is 0.000000143. The fourth-order valence-corrected chi connectivity index (χ4v) is 12.1. The number of aromatic amines is 3. The molecule has 24 heteroatoms. The Kier molecular flexibility index (Phi) is 19.8. The Bertz CT molecular complexity index is 4040. The van der Waals surface area contributed by atoms with E-state index in [2.05, 4.69) is 117 Å². The minimum absolute atomic E-state index is 0.123. The summed E-state index contributed by atoms with van der Waals surface area (Å²) in [6, 6.07) is 37.4. The van der Waals surface area contributed by atoms with Crippen LogP contribution in [0, 0.1) is 0 Å². The van der Waals surface area contributed by atoms with Gasteiger partial charge in [-0.2, -0.15) is 15.3 Å². The molecule has 11 aromatic rings. The first kappa shape index (κ1) is 59.0. The highest BCUT2D eigenvalue weighted by Crippen LogP contribution is 2.31. The van der Waals surface area contributed by atoms with Crippen LogP contribution >= 0.6 is 35.3 Å². The third-order valence-corrected chi connectivity index (χ3v) is 16.6. The molecule has 21 nitrogen and oxygen atoms in total. The topological polar surface area (TPSA) is 287 Å². The van der Waals surface area contributed by atoms with Gasteiger partial charge in [-0.15, -0.1) is 35.3 Å². The first-order chi connectivity index (χ1) is 41.4. The summed E-state index contributed by atoms with van der Waals surface area (Å²) < 4.78 is 0. The van der Waals surface area contributed by atoms with E-state index in [4.69, 9.17) is 0 Å². The number of benzene rings is 5. The number of H-pyrrole nitrogens is 3. The molecule has 85 heavy (non-hydrogen) atoms. The Morgan fingerprint density at radius 1 is 0.518 bits per heavy atom. The molecule has 12 rings (SSSR count). The van der Waals surface area contributed by atoms with Crippen LogP contribution in [0.4, 0.5) is 31.4 Å². The smallest absolute Gasteiger partial charge is 0.319 e. The van der Waals surface area contributed by atoms with Gasteiger partial charge in [-0.05, 0) is 110 Å². The molecule has 1 saturated carbocycles. The van der Waals surface area contributed by atoms with E-state index in [1.807, 2.05) is 119 Å². The van der Waals surface area contributed by atoms with Crippen molar-refractivity contribution >= 4 is 114 Å². The molecular weight excluding hydrogens is 1130 g/mol. The third-order valence-electron chi connectivity index (χ3n) is 13.4. The molecule has 0 bridgehead atoms. The van der Waals surface area contributed by atoms with Gasteiger partial charge >= 0.3 is 18.1 Å². The van der Waals surface area contributed by atoms with Crippen molar-refractivity contribution in [1.82, 2.24) is 76.4 Å². The maximum absolute atomic E-state index is 12.7. The number of carbonyl (C=O) groups excluding carboxylic acids is 3. The molecule has 5 aromatic carbocycles. The predicted molar refractivity (Wildman–Crippen MR) is 339 cm³/mol. The Labute approximate surface area is 503 Å². The zero-order chi connectivity index (χ0) is 59.0. The van der Waals surface area contributed by atoms with Crippen LogP contribution in [0.5, 0.6) is 0 Å².